The maximum atomic E-state index is 9.89. The zero-order chi connectivity index (χ0) is 10.7. The lowest BCUT2D eigenvalue weighted by molar-refractivity contribution is -0.153. The molecule has 80 valence electrons. The van der Waals surface area contributed by atoms with E-state index < -0.39 is 6.10 Å². The van der Waals surface area contributed by atoms with Crippen molar-refractivity contribution in [2.75, 3.05) is 6.61 Å². The number of hydrogen-bond acceptors (Lipinski definition) is 4. The highest BCUT2D eigenvalue weighted by Crippen LogP contribution is 2.25. The van der Waals surface area contributed by atoms with E-state index in [4.69, 9.17) is 16.3 Å². The molecule has 1 heterocycles. The summed E-state index contributed by atoms with van der Waals surface area (Å²) in [5.41, 5.74) is 0. The summed E-state index contributed by atoms with van der Waals surface area (Å²) in [7, 11) is 0. The van der Waals surface area contributed by atoms with E-state index in [9.17, 15) is 5.11 Å². The molecule has 0 amide bonds. The van der Waals surface area contributed by atoms with Crippen molar-refractivity contribution in [1.29, 1.82) is 0 Å². The lowest BCUT2D eigenvalue weighted by Gasteiger charge is -2.41. The Bertz CT molecular complexity index is 226. The second-order valence-electron chi connectivity index (χ2n) is 3.73. The van der Waals surface area contributed by atoms with Crippen LogP contribution in [0, 0.1) is 18.4 Å². The SMILES string of the molecule is C#CNC1C(O)[C@H](C)C(CO)O[C@H]1C. The summed E-state index contributed by atoms with van der Waals surface area (Å²) in [4.78, 5) is 0. The third-order valence-corrected chi connectivity index (χ3v) is 2.82. The first-order valence-corrected chi connectivity index (χ1v) is 4.77. The van der Waals surface area contributed by atoms with E-state index in [1.54, 1.807) is 0 Å². The van der Waals surface area contributed by atoms with Crippen molar-refractivity contribution in [2.24, 2.45) is 5.92 Å². The molecule has 0 aromatic heterocycles. The van der Waals surface area contributed by atoms with Crippen LogP contribution in [0.15, 0.2) is 0 Å². The fraction of sp³-hybridized carbons (Fsp3) is 0.800. The van der Waals surface area contributed by atoms with Crippen LogP contribution in [-0.4, -0.2) is 41.2 Å². The zero-order valence-corrected chi connectivity index (χ0v) is 8.47. The molecule has 0 radical (unpaired) electrons. The Morgan fingerprint density at radius 1 is 1.50 bits per heavy atom. The molecule has 0 aromatic carbocycles. The Morgan fingerprint density at radius 2 is 2.14 bits per heavy atom. The van der Waals surface area contributed by atoms with Crippen LogP contribution in [0.5, 0.6) is 0 Å². The van der Waals surface area contributed by atoms with E-state index in [2.05, 4.69) is 11.4 Å². The summed E-state index contributed by atoms with van der Waals surface area (Å²) in [6.07, 6.45) is 4.02. The third-order valence-electron chi connectivity index (χ3n) is 2.82. The van der Waals surface area contributed by atoms with Crippen LogP contribution in [-0.2, 0) is 4.74 Å². The predicted molar refractivity (Wildman–Crippen MR) is 52.3 cm³/mol. The Labute approximate surface area is 84.3 Å². The molecule has 0 aromatic rings. The molecule has 1 fully saturated rings. The summed E-state index contributed by atoms with van der Waals surface area (Å²) in [5, 5.41) is 21.6. The monoisotopic (exact) mass is 199 g/mol. The van der Waals surface area contributed by atoms with Gasteiger partial charge in [-0.15, -0.1) is 0 Å². The van der Waals surface area contributed by atoms with Gasteiger partial charge in [-0.25, -0.2) is 0 Å². The van der Waals surface area contributed by atoms with Gasteiger partial charge in [-0.2, -0.15) is 0 Å². The second-order valence-corrected chi connectivity index (χ2v) is 3.73. The van der Waals surface area contributed by atoms with Crippen molar-refractivity contribution in [3.8, 4) is 12.5 Å². The average molecular weight is 199 g/mol. The maximum Gasteiger partial charge on any atom is 0.0862 e. The van der Waals surface area contributed by atoms with Crippen molar-refractivity contribution in [2.45, 2.75) is 38.2 Å². The van der Waals surface area contributed by atoms with Crippen molar-refractivity contribution in [3.63, 3.8) is 0 Å². The highest BCUT2D eigenvalue weighted by Gasteiger charge is 2.40. The molecule has 1 aliphatic rings. The number of nitrogens with one attached hydrogen (secondary N) is 1. The van der Waals surface area contributed by atoms with Crippen LogP contribution >= 0.6 is 0 Å². The molecule has 0 spiro atoms. The molecule has 1 saturated heterocycles. The van der Waals surface area contributed by atoms with E-state index >= 15 is 0 Å². The van der Waals surface area contributed by atoms with Gasteiger partial charge in [-0.1, -0.05) is 13.3 Å². The lowest BCUT2D eigenvalue weighted by Crippen LogP contribution is -2.58. The Hall–Kier alpha value is -0.760. The van der Waals surface area contributed by atoms with Crippen LogP contribution in [0.4, 0.5) is 0 Å². The predicted octanol–water partition coefficient (Wildman–Crippen LogP) is -0.688. The normalized spacial score (nSPS) is 42.9. The molecular weight excluding hydrogens is 182 g/mol. The van der Waals surface area contributed by atoms with Crippen molar-refractivity contribution in [3.05, 3.63) is 0 Å². The highest BCUT2D eigenvalue weighted by atomic mass is 16.5. The average Bonchev–Trinajstić information content (AvgIpc) is 2.18. The summed E-state index contributed by atoms with van der Waals surface area (Å²) in [6.45, 7) is 3.58. The van der Waals surface area contributed by atoms with Crippen LogP contribution in [0.2, 0.25) is 0 Å². The molecule has 4 heteroatoms. The molecule has 3 N–H and O–H groups in total. The summed E-state index contributed by atoms with van der Waals surface area (Å²) >= 11 is 0. The summed E-state index contributed by atoms with van der Waals surface area (Å²) in [5.74, 6) is -0.123. The van der Waals surface area contributed by atoms with Gasteiger partial charge in [-0.3, -0.25) is 0 Å². The number of terminal acetylenes is 1. The van der Waals surface area contributed by atoms with E-state index in [0.717, 1.165) is 0 Å². The third kappa shape index (κ3) is 2.01. The summed E-state index contributed by atoms with van der Waals surface area (Å²) in [6, 6.07) is 2.03. The largest absolute Gasteiger partial charge is 0.394 e. The number of aliphatic hydroxyl groups excluding tert-OH is 2. The Kier molecular flexibility index (Phi) is 3.76. The van der Waals surface area contributed by atoms with Crippen LogP contribution in [0.1, 0.15) is 13.8 Å². The van der Waals surface area contributed by atoms with Crippen LogP contribution in [0.3, 0.4) is 0 Å². The first-order valence-electron chi connectivity index (χ1n) is 4.77. The number of ether oxygens (including phenoxy) is 1. The number of hydrogen-bond donors (Lipinski definition) is 3. The maximum absolute atomic E-state index is 9.89. The molecule has 1 aliphatic heterocycles. The number of rotatable bonds is 2. The smallest absolute Gasteiger partial charge is 0.0862 e. The molecule has 5 atom stereocenters. The van der Waals surface area contributed by atoms with Crippen molar-refractivity contribution < 1.29 is 14.9 Å². The van der Waals surface area contributed by atoms with Crippen LogP contribution in [0.25, 0.3) is 0 Å². The van der Waals surface area contributed by atoms with Gasteiger partial charge in [0, 0.05) is 12.0 Å². The molecule has 0 bridgehead atoms. The molecule has 0 saturated carbocycles. The fourth-order valence-electron chi connectivity index (χ4n) is 1.82. The number of aliphatic hydroxyl groups is 2. The Morgan fingerprint density at radius 3 is 2.64 bits per heavy atom. The van der Waals surface area contributed by atoms with E-state index in [1.165, 1.54) is 0 Å². The quantitative estimate of drug-likeness (QED) is 0.407. The molecule has 3 unspecified atom stereocenters. The van der Waals surface area contributed by atoms with E-state index in [-0.39, 0.29) is 30.8 Å². The zero-order valence-electron chi connectivity index (χ0n) is 8.47. The van der Waals surface area contributed by atoms with E-state index in [1.807, 2.05) is 13.8 Å². The molecular formula is C10H17NO3. The van der Waals surface area contributed by atoms with Crippen LogP contribution < -0.4 is 5.32 Å². The minimum Gasteiger partial charge on any atom is -0.394 e. The molecule has 1 rings (SSSR count). The standard InChI is InChI=1S/C10H17NO3/c1-4-11-9-7(3)14-8(5-12)6(2)10(9)13/h1,6-13H,5H2,2-3H3/t6-,7+,8?,9?,10?/m1/s1. The van der Waals surface area contributed by atoms with E-state index in [0.29, 0.717) is 0 Å². The van der Waals surface area contributed by atoms with Gasteiger partial charge < -0.3 is 20.3 Å². The van der Waals surface area contributed by atoms with Crippen molar-refractivity contribution >= 4 is 0 Å². The highest BCUT2D eigenvalue weighted by molar-refractivity contribution is 4.97. The molecule has 14 heavy (non-hydrogen) atoms. The van der Waals surface area contributed by atoms with Gasteiger partial charge in [-0.05, 0) is 6.92 Å². The minimum absolute atomic E-state index is 0.0780. The van der Waals surface area contributed by atoms with Gasteiger partial charge in [0.15, 0.2) is 0 Å². The van der Waals surface area contributed by atoms with Gasteiger partial charge in [0.05, 0.1) is 31.0 Å². The van der Waals surface area contributed by atoms with Gasteiger partial charge in [0.1, 0.15) is 0 Å². The topological polar surface area (TPSA) is 61.7 Å². The first kappa shape index (κ1) is 11.3. The van der Waals surface area contributed by atoms with Gasteiger partial charge >= 0.3 is 0 Å². The van der Waals surface area contributed by atoms with Crippen molar-refractivity contribution in [1.82, 2.24) is 5.32 Å². The van der Waals surface area contributed by atoms with Gasteiger partial charge in [0.25, 0.3) is 0 Å². The minimum atomic E-state index is -0.591. The second kappa shape index (κ2) is 4.65. The first-order chi connectivity index (χ1) is 6.61. The molecule has 4 nitrogen and oxygen atoms in total. The Balaban J connectivity index is 2.69. The summed E-state index contributed by atoms with van der Waals surface area (Å²) < 4.78 is 5.52. The fourth-order valence-corrected chi connectivity index (χ4v) is 1.82. The lowest BCUT2D eigenvalue weighted by atomic mass is 9.87. The van der Waals surface area contributed by atoms with Gasteiger partial charge in [0.2, 0.25) is 0 Å². The molecule has 0 aliphatic carbocycles.